The van der Waals surface area contributed by atoms with E-state index < -0.39 is 0 Å². The van der Waals surface area contributed by atoms with Gasteiger partial charge < -0.3 is 9.88 Å². The Bertz CT molecular complexity index is 858. The largest absolute Gasteiger partial charge is 0.378 e. The summed E-state index contributed by atoms with van der Waals surface area (Å²) < 4.78 is 1.31. The van der Waals surface area contributed by atoms with Crippen LogP contribution in [0.2, 0.25) is 0 Å². The van der Waals surface area contributed by atoms with Gasteiger partial charge in [0.25, 0.3) is 5.56 Å². The molecule has 0 saturated heterocycles. The molecule has 6 nitrogen and oxygen atoms in total. The highest BCUT2D eigenvalue weighted by Gasteiger charge is 2.17. The number of aromatic amines is 1. The predicted octanol–water partition coefficient (Wildman–Crippen LogP) is 2.27. The van der Waals surface area contributed by atoms with E-state index in [0.717, 1.165) is 22.5 Å². The molecule has 0 radical (unpaired) electrons. The smallest absolute Gasteiger partial charge is 0.279 e. The first kappa shape index (κ1) is 14.3. The standard InChI is InChI=1S/C16H19N5O/c1-10(2)13-14(11-5-7-12(8-6-11)20(3)4)19-16-17-9-18-21(16)15(13)22/h5-10H,1-4H3,(H,17,18,19). The number of hydrogen-bond acceptors (Lipinski definition) is 4. The van der Waals surface area contributed by atoms with Crippen LogP contribution in [0.5, 0.6) is 0 Å². The highest BCUT2D eigenvalue weighted by molar-refractivity contribution is 5.67. The van der Waals surface area contributed by atoms with Crippen LogP contribution in [0.4, 0.5) is 5.69 Å². The number of H-pyrrole nitrogens is 1. The summed E-state index contributed by atoms with van der Waals surface area (Å²) in [5.74, 6) is 0.543. The molecule has 1 aromatic carbocycles. The highest BCUT2D eigenvalue weighted by Crippen LogP contribution is 2.26. The van der Waals surface area contributed by atoms with E-state index in [1.165, 1.54) is 10.8 Å². The molecule has 0 spiro atoms. The number of rotatable bonds is 3. The number of benzene rings is 1. The maximum absolute atomic E-state index is 12.6. The predicted molar refractivity (Wildman–Crippen MR) is 87.5 cm³/mol. The van der Waals surface area contributed by atoms with Crippen LogP contribution in [0.3, 0.4) is 0 Å². The quantitative estimate of drug-likeness (QED) is 0.805. The fourth-order valence-corrected chi connectivity index (χ4v) is 2.57. The number of fused-ring (bicyclic) bond motifs is 1. The first-order valence-corrected chi connectivity index (χ1v) is 7.22. The average molecular weight is 297 g/mol. The molecule has 0 bridgehead atoms. The lowest BCUT2D eigenvalue weighted by molar-refractivity contribution is 0.797. The van der Waals surface area contributed by atoms with Crippen LogP contribution < -0.4 is 10.5 Å². The topological polar surface area (TPSA) is 66.3 Å². The minimum absolute atomic E-state index is 0.0841. The average Bonchev–Trinajstić information content (AvgIpc) is 2.95. The van der Waals surface area contributed by atoms with Crippen LogP contribution in [0.15, 0.2) is 35.4 Å². The number of aromatic nitrogens is 4. The van der Waals surface area contributed by atoms with E-state index in [-0.39, 0.29) is 11.5 Å². The van der Waals surface area contributed by atoms with Crippen molar-refractivity contribution in [2.45, 2.75) is 19.8 Å². The van der Waals surface area contributed by atoms with E-state index in [2.05, 4.69) is 15.1 Å². The molecule has 1 N–H and O–H groups in total. The van der Waals surface area contributed by atoms with Crippen molar-refractivity contribution < 1.29 is 0 Å². The molecule has 22 heavy (non-hydrogen) atoms. The van der Waals surface area contributed by atoms with Crippen LogP contribution >= 0.6 is 0 Å². The zero-order valence-electron chi connectivity index (χ0n) is 13.2. The van der Waals surface area contributed by atoms with Gasteiger partial charge in [0, 0.05) is 25.3 Å². The van der Waals surface area contributed by atoms with Gasteiger partial charge in [-0.25, -0.2) is 0 Å². The third-order valence-corrected chi connectivity index (χ3v) is 3.73. The Labute approximate surface area is 128 Å². The SMILES string of the molecule is CC(C)c1c(-c2ccc(N(C)C)cc2)[nH]c2ncnn2c1=O. The molecule has 2 aromatic heterocycles. The van der Waals surface area contributed by atoms with Crippen molar-refractivity contribution in [3.8, 4) is 11.3 Å². The molecular formula is C16H19N5O. The zero-order chi connectivity index (χ0) is 15.9. The van der Waals surface area contributed by atoms with Crippen LogP contribution in [0, 0.1) is 0 Å². The second-order valence-corrected chi connectivity index (χ2v) is 5.81. The lowest BCUT2D eigenvalue weighted by atomic mass is 9.98. The summed E-state index contributed by atoms with van der Waals surface area (Å²) in [6.45, 7) is 4.01. The fourth-order valence-electron chi connectivity index (χ4n) is 2.57. The van der Waals surface area contributed by atoms with Gasteiger partial charge in [-0.3, -0.25) is 4.79 Å². The van der Waals surface area contributed by atoms with Crippen molar-refractivity contribution in [3.63, 3.8) is 0 Å². The van der Waals surface area contributed by atoms with Gasteiger partial charge >= 0.3 is 0 Å². The molecule has 0 fully saturated rings. The normalized spacial score (nSPS) is 11.3. The van der Waals surface area contributed by atoms with Crippen molar-refractivity contribution in [3.05, 3.63) is 46.5 Å². The van der Waals surface area contributed by atoms with Gasteiger partial charge in [-0.2, -0.15) is 14.6 Å². The van der Waals surface area contributed by atoms with E-state index in [1.54, 1.807) is 0 Å². The van der Waals surface area contributed by atoms with Gasteiger partial charge in [0.05, 0.1) is 5.69 Å². The summed E-state index contributed by atoms with van der Waals surface area (Å²) in [7, 11) is 4.00. The Kier molecular flexibility index (Phi) is 3.44. The molecule has 2 heterocycles. The first-order valence-electron chi connectivity index (χ1n) is 7.22. The second-order valence-electron chi connectivity index (χ2n) is 5.81. The molecule has 0 aliphatic rings. The summed E-state index contributed by atoms with van der Waals surface area (Å²) >= 11 is 0. The van der Waals surface area contributed by atoms with E-state index in [0.29, 0.717) is 5.78 Å². The van der Waals surface area contributed by atoms with Gasteiger partial charge in [-0.05, 0) is 23.6 Å². The molecule has 114 valence electrons. The van der Waals surface area contributed by atoms with Crippen molar-refractivity contribution >= 4 is 11.5 Å². The molecule has 0 aliphatic heterocycles. The van der Waals surface area contributed by atoms with Crippen molar-refractivity contribution in [2.24, 2.45) is 0 Å². The van der Waals surface area contributed by atoms with Gasteiger partial charge in [-0.1, -0.05) is 26.0 Å². The molecule has 0 aliphatic carbocycles. The van der Waals surface area contributed by atoms with Gasteiger partial charge in [0.1, 0.15) is 6.33 Å². The van der Waals surface area contributed by atoms with Gasteiger partial charge in [0.15, 0.2) is 0 Å². The first-order chi connectivity index (χ1) is 10.5. The summed E-state index contributed by atoms with van der Waals surface area (Å²) in [5, 5.41) is 3.99. The fraction of sp³-hybridized carbons (Fsp3) is 0.312. The van der Waals surface area contributed by atoms with Gasteiger partial charge in [0.2, 0.25) is 5.78 Å². The number of nitrogens with zero attached hydrogens (tertiary/aromatic N) is 4. The zero-order valence-corrected chi connectivity index (χ0v) is 13.2. The summed E-state index contributed by atoms with van der Waals surface area (Å²) in [4.78, 5) is 22.0. The molecule has 0 saturated carbocycles. The van der Waals surface area contributed by atoms with Crippen LogP contribution in [0.1, 0.15) is 25.3 Å². The molecule has 6 heteroatoms. The van der Waals surface area contributed by atoms with E-state index in [9.17, 15) is 4.79 Å². The summed E-state index contributed by atoms with van der Waals surface area (Å²) in [6.07, 6.45) is 1.39. The monoisotopic (exact) mass is 297 g/mol. The number of nitrogens with one attached hydrogen (secondary N) is 1. The number of hydrogen-bond donors (Lipinski definition) is 1. The Morgan fingerprint density at radius 2 is 1.86 bits per heavy atom. The molecule has 0 atom stereocenters. The maximum atomic E-state index is 12.6. The van der Waals surface area contributed by atoms with Crippen LogP contribution in [0.25, 0.3) is 17.0 Å². The molecule has 0 amide bonds. The molecule has 3 rings (SSSR count). The molecule has 3 aromatic rings. The maximum Gasteiger partial charge on any atom is 0.279 e. The van der Waals surface area contributed by atoms with Crippen molar-refractivity contribution in [2.75, 3.05) is 19.0 Å². The minimum Gasteiger partial charge on any atom is -0.378 e. The van der Waals surface area contributed by atoms with Crippen molar-refractivity contribution in [1.29, 1.82) is 0 Å². The van der Waals surface area contributed by atoms with Crippen LogP contribution in [-0.4, -0.2) is 33.7 Å². The Balaban J connectivity index is 2.24. The lowest BCUT2D eigenvalue weighted by Crippen LogP contribution is -2.22. The Morgan fingerprint density at radius 3 is 2.45 bits per heavy atom. The Hall–Kier alpha value is -2.63. The third-order valence-electron chi connectivity index (χ3n) is 3.73. The minimum atomic E-state index is -0.118. The van der Waals surface area contributed by atoms with Crippen molar-refractivity contribution in [1.82, 2.24) is 19.6 Å². The molecular weight excluding hydrogens is 278 g/mol. The second kappa shape index (κ2) is 5.29. The van der Waals surface area contributed by atoms with Gasteiger partial charge in [-0.15, -0.1) is 0 Å². The number of anilines is 1. The lowest BCUT2D eigenvalue weighted by Gasteiger charge is -2.15. The summed E-state index contributed by atoms with van der Waals surface area (Å²) in [6, 6.07) is 8.09. The summed E-state index contributed by atoms with van der Waals surface area (Å²) in [5.41, 5.74) is 3.49. The molecule has 0 unspecified atom stereocenters. The van der Waals surface area contributed by atoms with Crippen LogP contribution in [-0.2, 0) is 0 Å². The Morgan fingerprint density at radius 1 is 1.18 bits per heavy atom. The highest BCUT2D eigenvalue weighted by atomic mass is 16.1. The van der Waals surface area contributed by atoms with E-state index in [4.69, 9.17) is 0 Å². The third kappa shape index (κ3) is 2.26. The van der Waals surface area contributed by atoms with E-state index >= 15 is 0 Å². The van der Waals surface area contributed by atoms with E-state index in [1.807, 2.05) is 57.1 Å².